The zero-order valence-electron chi connectivity index (χ0n) is 23.1. The fourth-order valence-corrected chi connectivity index (χ4v) is 6.28. The monoisotopic (exact) mass is 550 g/mol. The number of hydrogen-bond acceptors (Lipinski definition) is 8. The van der Waals surface area contributed by atoms with Gasteiger partial charge in [-0.2, -0.15) is 0 Å². The first-order valence-electron chi connectivity index (χ1n) is 13.6. The summed E-state index contributed by atoms with van der Waals surface area (Å²) in [5.74, 6) is -1.03. The highest BCUT2D eigenvalue weighted by atomic mass is 16.3. The molecule has 2 fully saturated rings. The van der Waals surface area contributed by atoms with Gasteiger partial charge in [0.1, 0.15) is 5.56 Å². The van der Waals surface area contributed by atoms with E-state index >= 15 is 0 Å². The van der Waals surface area contributed by atoms with E-state index in [1.807, 2.05) is 6.07 Å². The fraction of sp³-hybridized carbons (Fsp3) is 0.500. The molecule has 3 aliphatic heterocycles. The number of benzene rings is 1. The van der Waals surface area contributed by atoms with Crippen LogP contribution in [-0.4, -0.2) is 75.2 Å². The quantitative estimate of drug-likeness (QED) is 0.413. The van der Waals surface area contributed by atoms with Crippen LogP contribution in [-0.2, 0) is 22.6 Å². The predicted octanol–water partition coefficient (Wildman–Crippen LogP) is 1.99. The molecule has 2 saturated heterocycles. The second-order valence-electron chi connectivity index (χ2n) is 11.3. The molecular weight excluding hydrogens is 516 g/mol. The summed E-state index contributed by atoms with van der Waals surface area (Å²) in [6.45, 7) is 5.05. The molecule has 1 atom stereocenters. The maximum Gasteiger partial charge on any atom is 0.332 e. The first kappa shape index (κ1) is 27.4. The summed E-state index contributed by atoms with van der Waals surface area (Å²) in [5.41, 5.74) is -0.940. The molecule has 212 valence electrons. The first-order valence-corrected chi connectivity index (χ1v) is 13.6. The summed E-state index contributed by atoms with van der Waals surface area (Å²) in [7, 11) is 2.80. The van der Waals surface area contributed by atoms with E-state index < -0.39 is 40.4 Å². The molecule has 2 N–H and O–H groups in total. The third-order valence-corrected chi connectivity index (χ3v) is 8.32. The Morgan fingerprint density at radius 3 is 2.50 bits per heavy atom. The molecule has 5 rings (SSSR count). The van der Waals surface area contributed by atoms with Crippen molar-refractivity contribution in [1.82, 2.24) is 19.4 Å². The number of barbiturate groups is 1. The number of nitrogens with zero attached hydrogens (tertiary/aromatic N) is 5. The zero-order valence-corrected chi connectivity index (χ0v) is 23.1. The number of H-pyrrole nitrogens is 1. The van der Waals surface area contributed by atoms with Gasteiger partial charge in [-0.15, -0.1) is 0 Å². The van der Waals surface area contributed by atoms with E-state index in [1.165, 1.54) is 20.3 Å². The lowest BCUT2D eigenvalue weighted by Gasteiger charge is -2.50. The van der Waals surface area contributed by atoms with Gasteiger partial charge in [-0.25, -0.2) is 9.59 Å². The predicted molar refractivity (Wildman–Crippen MR) is 148 cm³/mol. The van der Waals surface area contributed by atoms with E-state index in [0.29, 0.717) is 31.0 Å². The molecule has 0 unspecified atom stereocenters. The highest BCUT2D eigenvalue weighted by Crippen LogP contribution is 2.49. The normalized spacial score (nSPS) is 20.3. The van der Waals surface area contributed by atoms with Crippen LogP contribution in [0.3, 0.4) is 0 Å². The Bertz CT molecular complexity index is 1510. The highest BCUT2D eigenvalue weighted by molar-refractivity contribution is 6.20. The Morgan fingerprint density at radius 1 is 1.12 bits per heavy atom. The molecule has 12 heteroatoms. The number of aliphatic imine (C=N–C) groups is 1. The number of aromatic hydroxyl groups is 1. The number of rotatable bonds is 6. The number of hydrogen-bond donors (Lipinski definition) is 2. The van der Waals surface area contributed by atoms with Crippen LogP contribution in [0.2, 0.25) is 0 Å². The molecule has 0 bridgehead atoms. The van der Waals surface area contributed by atoms with Crippen molar-refractivity contribution in [3.8, 4) is 5.88 Å². The lowest BCUT2D eigenvalue weighted by Crippen LogP contribution is -2.70. The molecule has 3 aliphatic rings. The van der Waals surface area contributed by atoms with Crippen LogP contribution < -0.4 is 16.1 Å². The van der Waals surface area contributed by atoms with E-state index in [0.717, 1.165) is 38.5 Å². The highest BCUT2D eigenvalue weighted by Gasteiger charge is 2.63. The van der Waals surface area contributed by atoms with Gasteiger partial charge >= 0.3 is 11.7 Å². The maximum atomic E-state index is 13.6. The van der Waals surface area contributed by atoms with E-state index in [9.17, 15) is 29.1 Å². The van der Waals surface area contributed by atoms with Crippen LogP contribution in [0.15, 0.2) is 32.8 Å². The minimum absolute atomic E-state index is 0.110. The second kappa shape index (κ2) is 10.1. The lowest BCUT2D eigenvalue weighted by molar-refractivity contribution is -0.159. The average Bonchev–Trinajstić information content (AvgIpc) is 3.42. The van der Waals surface area contributed by atoms with Crippen molar-refractivity contribution in [3.63, 3.8) is 0 Å². The summed E-state index contributed by atoms with van der Waals surface area (Å²) in [6.07, 6.45) is 4.30. The van der Waals surface area contributed by atoms with E-state index in [1.54, 1.807) is 12.1 Å². The molecule has 12 nitrogen and oxygen atoms in total. The number of aromatic amines is 1. The van der Waals surface area contributed by atoms with E-state index in [4.69, 9.17) is 0 Å². The minimum Gasteiger partial charge on any atom is -0.494 e. The molecule has 1 aromatic carbocycles. The third kappa shape index (κ3) is 4.22. The van der Waals surface area contributed by atoms with Crippen molar-refractivity contribution >= 4 is 35.4 Å². The summed E-state index contributed by atoms with van der Waals surface area (Å²) in [5, 5.41) is 10.7. The number of aromatic nitrogens is 2. The average molecular weight is 551 g/mol. The van der Waals surface area contributed by atoms with Gasteiger partial charge in [0, 0.05) is 39.1 Å². The van der Waals surface area contributed by atoms with Crippen LogP contribution >= 0.6 is 0 Å². The summed E-state index contributed by atoms with van der Waals surface area (Å²) in [4.78, 5) is 75.2. The van der Waals surface area contributed by atoms with Crippen molar-refractivity contribution < 1.29 is 19.5 Å². The van der Waals surface area contributed by atoms with Crippen LogP contribution in [0.25, 0.3) is 0 Å². The topological polar surface area (TPSA) is 148 Å². The van der Waals surface area contributed by atoms with E-state index in [-0.39, 0.29) is 24.6 Å². The maximum absolute atomic E-state index is 13.6. The molecule has 1 spiro atoms. The van der Waals surface area contributed by atoms with Gasteiger partial charge in [-0.3, -0.25) is 38.7 Å². The number of amides is 4. The molecule has 0 radical (unpaired) electrons. The SMILES string of the molecule is CC(C)CCCn1c(O)c(C=Nc2ccc3c(c2)CC2(C(=O)N(C)C(=O)N(C)C2=O)[C@H]2CCCN32)c(=O)[nH]c1=O. The molecule has 2 aromatic rings. The smallest absolute Gasteiger partial charge is 0.332 e. The lowest BCUT2D eigenvalue weighted by atomic mass is 9.68. The molecule has 0 aliphatic carbocycles. The van der Waals surface area contributed by atoms with Gasteiger partial charge in [0.2, 0.25) is 17.7 Å². The van der Waals surface area contributed by atoms with E-state index in [2.05, 4.69) is 28.7 Å². The molecular formula is C28H34N6O6. The summed E-state index contributed by atoms with van der Waals surface area (Å²) in [6, 6.07) is 4.38. The summed E-state index contributed by atoms with van der Waals surface area (Å²) >= 11 is 0. The Morgan fingerprint density at radius 2 is 1.82 bits per heavy atom. The van der Waals surface area contributed by atoms with Gasteiger partial charge in [-0.05, 0) is 61.8 Å². The second-order valence-corrected chi connectivity index (χ2v) is 11.3. The number of imide groups is 2. The first-order chi connectivity index (χ1) is 19.0. The largest absolute Gasteiger partial charge is 0.494 e. The molecule has 0 saturated carbocycles. The van der Waals surface area contributed by atoms with Gasteiger partial charge in [0.25, 0.3) is 5.56 Å². The Hall–Kier alpha value is -4.22. The Balaban J connectivity index is 1.50. The Kier molecular flexibility index (Phi) is 6.89. The fourth-order valence-electron chi connectivity index (χ4n) is 6.28. The van der Waals surface area contributed by atoms with Crippen molar-refractivity contribution in [1.29, 1.82) is 0 Å². The molecule has 4 heterocycles. The molecule has 40 heavy (non-hydrogen) atoms. The van der Waals surface area contributed by atoms with Gasteiger partial charge in [-0.1, -0.05) is 13.8 Å². The van der Waals surface area contributed by atoms with Crippen molar-refractivity contribution in [2.45, 2.75) is 58.5 Å². The van der Waals surface area contributed by atoms with Crippen LogP contribution in [0.1, 0.15) is 50.7 Å². The van der Waals surface area contributed by atoms with Gasteiger partial charge in [0.15, 0.2) is 5.41 Å². The number of fused-ring (bicyclic) bond motifs is 4. The van der Waals surface area contributed by atoms with Crippen LogP contribution in [0.4, 0.5) is 16.2 Å². The standard InChI is InChI=1S/C28H34N6O6/c1-16(2)7-5-12-34-23(36)19(22(35)30-26(34)39)15-29-18-9-10-20-17(13-18)14-28(21-8-6-11-33(20)21)24(37)31(3)27(40)32(4)25(28)38/h9-10,13,15-16,21,36H,5-8,11-12,14H2,1-4H3,(H,30,35,39)/t21-/m1/s1. The van der Waals surface area contributed by atoms with Crippen molar-refractivity contribution in [3.05, 3.63) is 50.2 Å². The van der Waals surface area contributed by atoms with Crippen molar-refractivity contribution in [2.75, 3.05) is 25.5 Å². The van der Waals surface area contributed by atoms with Gasteiger partial charge < -0.3 is 10.0 Å². The number of nitrogens with one attached hydrogen (secondary N) is 1. The number of carbonyl (C=O) groups is 3. The zero-order chi connectivity index (χ0) is 28.9. The number of carbonyl (C=O) groups excluding carboxylic acids is 3. The Labute approximate surface area is 230 Å². The number of urea groups is 1. The number of anilines is 1. The minimum atomic E-state index is -1.43. The van der Waals surface area contributed by atoms with Crippen molar-refractivity contribution in [2.24, 2.45) is 16.3 Å². The summed E-state index contributed by atoms with van der Waals surface area (Å²) < 4.78 is 1.13. The molecule has 1 aromatic heterocycles. The third-order valence-electron chi connectivity index (χ3n) is 8.32. The van der Waals surface area contributed by atoms with Crippen LogP contribution in [0.5, 0.6) is 5.88 Å². The molecule has 4 amide bonds. The van der Waals surface area contributed by atoms with Crippen LogP contribution in [0, 0.1) is 11.3 Å². The van der Waals surface area contributed by atoms with Gasteiger partial charge in [0.05, 0.1) is 11.7 Å².